The summed E-state index contributed by atoms with van der Waals surface area (Å²) in [6.07, 6.45) is 0.122. The molecular formula is C13H19NO2. The van der Waals surface area contributed by atoms with Crippen LogP contribution in [0.1, 0.15) is 25.8 Å². The molecule has 0 unspecified atom stereocenters. The van der Waals surface area contributed by atoms with Gasteiger partial charge in [0.15, 0.2) is 0 Å². The predicted octanol–water partition coefficient (Wildman–Crippen LogP) is 2.68. The fraction of sp³-hybridized carbons (Fsp3) is 0.462. The number of hydrogen-bond acceptors (Lipinski definition) is 2. The number of carboxylic acids is 1. The molecule has 88 valence electrons. The highest BCUT2D eigenvalue weighted by atomic mass is 16.4. The van der Waals surface area contributed by atoms with Gasteiger partial charge < -0.3 is 10.0 Å². The van der Waals surface area contributed by atoms with Crippen molar-refractivity contribution >= 4 is 11.7 Å². The van der Waals surface area contributed by atoms with Crippen molar-refractivity contribution in [3.05, 3.63) is 29.8 Å². The molecule has 0 aliphatic carbocycles. The smallest absolute Gasteiger partial charge is 0.305 e. The van der Waals surface area contributed by atoms with Gasteiger partial charge in [-0.25, -0.2) is 0 Å². The summed E-state index contributed by atoms with van der Waals surface area (Å²) in [6.45, 7) is 5.90. The van der Waals surface area contributed by atoms with Crippen LogP contribution in [-0.4, -0.2) is 23.7 Å². The van der Waals surface area contributed by atoms with Crippen molar-refractivity contribution in [3.8, 4) is 0 Å². The Morgan fingerprint density at radius 2 is 2.06 bits per heavy atom. The normalized spacial score (nSPS) is 11.2. The van der Waals surface area contributed by atoms with Gasteiger partial charge in [0.1, 0.15) is 0 Å². The monoisotopic (exact) mass is 221 g/mol. The molecule has 0 saturated carbocycles. The molecule has 0 spiro atoms. The first-order valence-electron chi connectivity index (χ1n) is 5.35. The van der Waals surface area contributed by atoms with Gasteiger partial charge in [-0.15, -0.1) is 0 Å². The number of nitrogens with zero attached hydrogens (tertiary/aromatic N) is 1. The van der Waals surface area contributed by atoms with Gasteiger partial charge in [0.05, 0.1) is 6.42 Å². The number of aryl methyl sites for hydroxylation is 1. The van der Waals surface area contributed by atoms with Crippen LogP contribution in [0.15, 0.2) is 24.3 Å². The van der Waals surface area contributed by atoms with Crippen LogP contribution in [0.2, 0.25) is 0 Å². The molecule has 0 fully saturated rings. The average Bonchev–Trinajstić information content (AvgIpc) is 2.14. The van der Waals surface area contributed by atoms with Crippen LogP contribution in [0.3, 0.4) is 0 Å². The number of anilines is 1. The molecule has 0 aliphatic heterocycles. The highest BCUT2D eigenvalue weighted by Gasteiger charge is 2.26. The Balaban J connectivity index is 2.92. The Hall–Kier alpha value is -1.51. The highest BCUT2D eigenvalue weighted by molar-refractivity contribution is 5.69. The second-order valence-corrected chi connectivity index (χ2v) is 4.78. The number of hydrogen-bond donors (Lipinski definition) is 1. The van der Waals surface area contributed by atoms with Gasteiger partial charge in [0, 0.05) is 18.3 Å². The molecular weight excluding hydrogens is 202 g/mol. The Bertz CT molecular complexity index is 385. The molecule has 0 aliphatic rings. The molecule has 0 bridgehead atoms. The minimum Gasteiger partial charge on any atom is -0.481 e. The van der Waals surface area contributed by atoms with Gasteiger partial charge in [0.25, 0.3) is 0 Å². The van der Waals surface area contributed by atoms with Crippen molar-refractivity contribution in [3.63, 3.8) is 0 Å². The zero-order valence-corrected chi connectivity index (χ0v) is 10.3. The minimum atomic E-state index is -0.774. The molecule has 0 radical (unpaired) electrons. The van der Waals surface area contributed by atoms with Crippen molar-refractivity contribution in [1.82, 2.24) is 0 Å². The third-order valence-electron chi connectivity index (χ3n) is 2.88. The molecule has 0 amide bonds. The highest BCUT2D eigenvalue weighted by Crippen LogP contribution is 2.25. The topological polar surface area (TPSA) is 40.5 Å². The van der Waals surface area contributed by atoms with Crippen LogP contribution in [0.5, 0.6) is 0 Å². The molecule has 3 nitrogen and oxygen atoms in total. The lowest BCUT2D eigenvalue weighted by Crippen LogP contribution is -2.43. The van der Waals surface area contributed by atoms with Crippen LogP contribution in [0, 0.1) is 6.92 Å². The first-order valence-corrected chi connectivity index (χ1v) is 5.35. The average molecular weight is 221 g/mol. The maximum atomic E-state index is 10.8. The van der Waals surface area contributed by atoms with Crippen LogP contribution in [0.25, 0.3) is 0 Å². The van der Waals surface area contributed by atoms with Crippen molar-refractivity contribution in [1.29, 1.82) is 0 Å². The lowest BCUT2D eigenvalue weighted by molar-refractivity contribution is -0.138. The van der Waals surface area contributed by atoms with Crippen LogP contribution in [-0.2, 0) is 4.79 Å². The number of carboxylic acid groups (broad SMARTS) is 1. The van der Waals surface area contributed by atoms with E-state index in [4.69, 9.17) is 5.11 Å². The largest absolute Gasteiger partial charge is 0.481 e. The summed E-state index contributed by atoms with van der Waals surface area (Å²) in [5, 5.41) is 8.87. The standard InChI is InChI=1S/C13H19NO2/c1-10-6-5-7-11(8-10)14(4)13(2,3)9-12(15)16/h5-8H,9H2,1-4H3,(H,15,16). The Morgan fingerprint density at radius 1 is 1.44 bits per heavy atom. The van der Waals surface area contributed by atoms with E-state index >= 15 is 0 Å². The minimum absolute atomic E-state index is 0.122. The van der Waals surface area contributed by atoms with E-state index in [1.165, 1.54) is 5.56 Å². The van der Waals surface area contributed by atoms with Crippen molar-refractivity contribution in [2.45, 2.75) is 32.7 Å². The van der Waals surface area contributed by atoms with E-state index in [0.29, 0.717) is 0 Å². The first-order chi connectivity index (χ1) is 7.33. The van der Waals surface area contributed by atoms with Gasteiger partial charge in [0.2, 0.25) is 0 Å². The molecule has 1 rings (SSSR count). The predicted molar refractivity (Wildman–Crippen MR) is 65.9 cm³/mol. The van der Waals surface area contributed by atoms with E-state index in [2.05, 4.69) is 6.07 Å². The summed E-state index contributed by atoms with van der Waals surface area (Å²) >= 11 is 0. The second-order valence-electron chi connectivity index (χ2n) is 4.78. The molecule has 3 heteroatoms. The van der Waals surface area contributed by atoms with Crippen molar-refractivity contribution in [2.24, 2.45) is 0 Å². The first kappa shape index (κ1) is 12.6. The van der Waals surface area contributed by atoms with Crippen molar-refractivity contribution < 1.29 is 9.90 Å². The summed E-state index contributed by atoms with van der Waals surface area (Å²) in [7, 11) is 1.93. The van der Waals surface area contributed by atoms with Crippen LogP contribution < -0.4 is 4.90 Å². The molecule has 1 aromatic carbocycles. The van der Waals surface area contributed by atoms with Gasteiger partial charge in [-0.3, -0.25) is 4.79 Å². The maximum absolute atomic E-state index is 10.8. The number of carbonyl (C=O) groups is 1. The lowest BCUT2D eigenvalue weighted by Gasteiger charge is -2.36. The number of benzene rings is 1. The molecule has 1 aromatic rings. The molecule has 0 aromatic heterocycles. The number of aliphatic carboxylic acids is 1. The van der Waals surface area contributed by atoms with E-state index in [-0.39, 0.29) is 12.0 Å². The maximum Gasteiger partial charge on any atom is 0.305 e. The van der Waals surface area contributed by atoms with Crippen LogP contribution >= 0.6 is 0 Å². The molecule has 0 atom stereocenters. The summed E-state index contributed by atoms with van der Waals surface area (Å²) in [5.41, 5.74) is 1.83. The fourth-order valence-electron chi connectivity index (χ4n) is 1.67. The molecule has 1 N–H and O–H groups in total. The van der Waals surface area contributed by atoms with Crippen LogP contribution in [0.4, 0.5) is 5.69 Å². The summed E-state index contributed by atoms with van der Waals surface area (Å²) in [5.74, 6) is -0.774. The third-order valence-corrected chi connectivity index (χ3v) is 2.88. The van der Waals surface area contributed by atoms with Crippen molar-refractivity contribution in [2.75, 3.05) is 11.9 Å². The van der Waals surface area contributed by atoms with E-state index in [1.807, 2.05) is 50.9 Å². The van der Waals surface area contributed by atoms with Gasteiger partial charge in [-0.1, -0.05) is 12.1 Å². The number of rotatable bonds is 4. The third kappa shape index (κ3) is 2.99. The fourth-order valence-corrected chi connectivity index (χ4v) is 1.67. The Labute approximate surface area is 96.7 Å². The summed E-state index contributed by atoms with van der Waals surface area (Å²) in [4.78, 5) is 12.8. The Kier molecular flexibility index (Phi) is 3.58. The second kappa shape index (κ2) is 4.56. The zero-order valence-electron chi connectivity index (χ0n) is 10.3. The zero-order chi connectivity index (χ0) is 12.3. The van der Waals surface area contributed by atoms with Gasteiger partial charge in [-0.2, -0.15) is 0 Å². The lowest BCUT2D eigenvalue weighted by atomic mass is 9.97. The van der Waals surface area contributed by atoms with E-state index in [0.717, 1.165) is 5.69 Å². The van der Waals surface area contributed by atoms with E-state index in [1.54, 1.807) is 0 Å². The summed E-state index contributed by atoms with van der Waals surface area (Å²) in [6, 6.07) is 8.07. The summed E-state index contributed by atoms with van der Waals surface area (Å²) < 4.78 is 0. The Morgan fingerprint density at radius 3 is 2.56 bits per heavy atom. The molecule has 16 heavy (non-hydrogen) atoms. The van der Waals surface area contributed by atoms with Gasteiger partial charge in [-0.05, 0) is 38.5 Å². The quantitative estimate of drug-likeness (QED) is 0.849. The SMILES string of the molecule is Cc1cccc(N(C)C(C)(C)CC(=O)O)c1. The van der Waals surface area contributed by atoms with E-state index in [9.17, 15) is 4.79 Å². The van der Waals surface area contributed by atoms with E-state index < -0.39 is 5.97 Å². The molecule has 0 heterocycles. The van der Waals surface area contributed by atoms with Gasteiger partial charge >= 0.3 is 5.97 Å². The molecule has 0 saturated heterocycles.